The summed E-state index contributed by atoms with van der Waals surface area (Å²) in [6.07, 6.45) is 26.8. The number of nitrogens with zero attached hydrogens (tertiary/aromatic N) is 1. The first-order chi connectivity index (χ1) is 14.0. The summed E-state index contributed by atoms with van der Waals surface area (Å²) in [7, 11) is 3.38. The molecule has 0 aliphatic heterocycles. The monoisotopic (exact) mass is 413 g/mol. The molecule has 0 aliphatic carbocycles. The van der Waals surface area contributed by atoms with Gasteiger partial charge in [-0.15, -0.1) is 0 Å². The number of aliphatic carboxylic acids is 1. The zero-order chi connectivity index (χ0) is 22.0. The van der Waals surface area contributed by atoms with Gasteiger partial charge in [0.1, 0.15) is 0 Å². The molecule has 4 heteroatoms. The molecule has 29 heavy (non-hydrogen) atoms. The average molecular weight is 414 g/mol. The van der Waals surface area contributed by atoms with Crippen molar-refractivity contribution in [1.82, 2.24) is 4.90 Å². The number of hydrogen-bond acceptors (Lipinski definition) is 2. The molecule has 0 aliphatic rings. The lowest BCUT2D eigenvalue weighted by Crippen LogP contribution is -2.06. The minimum atomic E-state index is -0.651. The fraction of sp³-hybridized carbons (Fsp3) is 0.920. The highest BCUT2D eigenvalue weighted by Gasteiger charge is 1.97. The number of rotatable bonds is 21. The average Bonchev–Trinajstić information content (AvgIpc) is 2.70. The molecule has 0 saturated carbocycles. The summed E-state index contributed by atoms with van der Waals surface area (Å²) in [5.74, 6) is -0.651. The molecule has 0 aromatic carbocycles. The van der Waals surface area contributed by atoms with Crippen molar-refractivity contribution in [2.75, 3.05) is 14.1 Å². The van der Waals surface area contributed by atoms with E-state index in [1.807, 2.05) is 0 Å². The van der Waals surface area contributed by atoms with Gasteiger partial charge in [0, 0.05) is 20.5 Å². The molecule has 0 saturated heterocycles. The summed E-state index contributed by atoms with van der Waals surface area (Å²) >= 11 is 0. The zero-order valence-corrected chi connectivity index (χ0v) is 19.9. The van der Waals surface area contributed by atoms with Crippen LogP contribution in [0.15, 0.2) is 0 Å². The number of amides is 1. The van der Waals surface area contributed by atoms with Gasteiger partial charge in [0.05, 0.1) is 0 Å². The van der Waals surface area contributed by atoms with E-state index in [0.717, 1.165) is 19.3 Å². The third-order valence-corrected chi connectivity index (χ3v) is 5.21. The van der Waals surface area contributed by atoms with E-state index in [1.165, 1.54) is 114 Å². The van der Waals surface area contributed by atoms with Gasteiger partial charge in [0.15, 0.2) is 0 Å². The highest BCUT2D eigenvalue weighted by molar-refractivity contribution is 5.66. The molecule has 1 amide bonds. The molecule has 0 unspecified atom stereocenters. The van der Waals surface area contributed by atoms with Gasteiger partial charge in [0.2, 0.25) is 6.41 Å². The Balaban J connectivity index is 0. The third kappa shape index (κ3) is 34.8. The largest absolute Gasteiger partial charge is 0.481 e. The van der Waals surface area contributed by atoms with Gasteiger partial charge in [-0.05, 0) is 6.42 Å². The van der Waals surface area contributed by atoms with Crippen molar-refractivity contribution in [2.24, 2.45) is 0 Å². The van der Waals surface area contributed by atoms with Crippen LogP contribution in [0.1, 0.15) is 135 Å². The van der Waals surface area contributed by atoms with Crippen LogP contribution in [0.2, 0.25) is 0 Å². The second-order valence-corrected chi connectivity index (χ2v) is 8.58. The summed E-state index contributed by atoms with van der Waals surface area (Å²) in [4.78, 5) is 21.3. The number of carboxylic acids is 1. The fourth-order valence-corrected chi connectivity index (χ4v) is 3.35. The van der Waals surface area contributed by atoms with Gasteiger partial charge in [0.25, 0.3) is 0 Å². The van der Waals surface area contributed by atoms with Crippen LogP contribution < -0.4 is 0 Å². The Morgan fingerprint density at radius 1 is 0.621 bits per heavy atom. The molecule has 0 rings (SSSR count). The van der Waals surface area contributed by atoms with Gasteiger partial charge in [-0.2, -0.15) is 0 Å². The Labute approximate surface area is 181 Å². The van der Waals surface area contributed by atoms with Gasteiger partial charge in [-0.1, -0.05) is 122 Å². The van der Waals surface area contributed by atoms with Crippen LogP contribution in [-0.4, -0.2) is 36.5 Å². The number of carboxylic acid groups (broad SMARTS) is 1. The summed E-state index contributed by atoms with van der Waals surface area (Å²) in [6.45, 7) is 2.28. The lowest BCUT2D eigenvalue weighted by molar-refractivity contribution is -0.137. The van der Waals surface area contributed by atoms with Crippen molar-refractivity contribution < 1.29 is 14.7 Å². The maximum atomic E-state index is 10.4. The van der Waals surface area contributed by atoms with E-state index in [-0.39, 0.29) is 0 Å². The molecule has 0 fully saturated rings. The van der Waals surface area contributed by atoms with E-state index >= 15 is 0 Å². The van der Waals surface area contributed by atoms with Crippen molar-refractivity contribution >= 4 is 12.4 Å². The smallest absolute Gasteiger partial charge is 0.303 e. The lowest BCUT2D eigenvalue weighted by Gasteiger charge is -2.03. The van der Waals surface area contributed by atoms with Gasteiger partial charge >= 0.3 is 5.97 Å². The quantitative estimate of drug-likeness (QED) is 0.156. The van der Waals surface area contributed by atoms with Crippen molar-refractivity contribution in [3.05, 3.63) is 0 Å². The summed E-state index contributed by atoms with van der Waals surface area (Å²) < 4.78 is 0. The van der Waals surface area contributed by atoms with E-state index in [4.69, 9.17) is 5.11 Å². The molecule has 0 spiro atoms. The van der Waals surface area contributed by atoms with Crippen LogP contribution in [0.3, 0.4) is 0 Å². The molecule has 0 radical (unpaired) electrons. The van der Waals surface area contributed by atoms with Crippen molar-refractivity contribution in [3.8, 4) is 0 Å². The second kappa shape index (κ2) is 26.9. The van der Waals surface area contributed by atoms with Crippen LogP contribution in [0, 0.1) is 0 Å². The number of hydrogen-bond donors (Lipinski definition) is 1. The molecule has 1 N–H and O–H groups in total. The Hall–Kier alpha value is -1.06. The Kier molecular flexibility index (Phi) is 28.0. The second-order valence-electron chi connectivity index (χ2n) is 8.58. The van der Waals surface area contributed by atoms with Gasteiger partial charge in [-0.3, -0.25) is 9.59 Å². The van der Waals surface area contributed by atoms with Crippen molar-refractivity contribution in [3.63, 3.8) is 0 Å². The minimum absolute atomic E-state index is 0.346. The number of carbonyl (C=O) groups is 2. The molecule has 0 bridgehead atoms. The molecule has 174 valence electrons. The predicted octanol–water partition coefficient (Wildman–Crippen LogP) is 7.60. The molecular weight excluding hydrogens is 362 g/mol. The minimum Gasteiger partial charge on any atom is -0.481 e. The van der Waals surface area contributed by atoms with E-state index in [1.54, 1.807) is 14.1 Å². The first kappa shape index (κ1) is 30.1. The topological polar surface area (TPSA) is 57.6 Å². The predicted molar refractivity (Wildman–Crippen MR) is 125 cm³/mol. The molecule has 0 atom stereocenters. The van der Waals surface area contributed by atoms with E-state index in [2.05, 4.69) is 6.92 Å². The summed E-state index contributed by atoms with van der Waals surface area (Å²) in [5, 5.41) is 8.56. The van der Waals surface area contributed by atoms with Crippen LogP contribution in [-0.2, 0) is 9.59 Å². The standard InChI is InChI=1S/C22H44O2.C3H7NO/c1-2-3-4-5-6-7-8-9-10-11-12-13-14-15-16-17-18-19-20-21-22(23)24;1-4(2)3-5/h2-21H2,1H3,(H,23,24);3H,1-2H3. The molecule has 4 nitrogen and oxygen atoms in total. The molecule has 0 aromatic rings. The highest BCUT2D eigenvalue weighted by Crippen LogP contribution is 2.14. The summed E-state index contributed by atoms with van der Waals surface area (Å²) in [5.41, 5.74) is 0. The highest BCUT2D eigenvalue weighted by atomic mass is 16.4. The van der Waals surface area contributed by atoms with Crippen LogP contribution in [0.4, 0.5) is 0 Å². The van der Waals surface area contributed by atoms with E-state index in [0.29, 0.717) is 6.42 Å². The summed E-state index contributed by atoms with van der Waals surface area (Å²) in [6, 6.07) is 0. The van der Waals surface area contributed by atoms with E-state index < -0.39 is 5.97 Å². The number of carbonyl (C=O) groups excluding carboxylic acids is 1. The van der Waals surface area contributed by atoms with Crippen molar-refractivity contribution in [1.29, 1.82) is 0 Å². The SMILES string of the molecule is CCCCCCCCCCCCCCCCCCCCCC(=O)O.CN(C)C=O. The van der Waals surface area contributed by atoms with Crippen molar-refractivity contribution in [2.45, 2.75) is 135 Å². The van der Waals surface area contributed by atoms with E-state index in [9.17, 15) is 9.59 Å². The van der Waals surface area contributed by atoms with Gasteiger partial charge in [-0.25, -0.2) is 0 Å². The molecule has 0 heterocycles. The molecular formula is C25H51NO3. The number of unbranched alkanes of at least 4 members (excludes halogenated alkanes) is 18. The first-order valence-electron chi connectivity index (χ1n) is 12.4. The maximum Gasteiger partial charge on any atom is 0.303 e. The van der Waals surface area contributed by atoms with Crippen LogP contribution in [0.5, 0.6) is 0 Å². The first-order valence-corrected chi connectivity index (χ1v) is 12.4. The molecule has 0 aromatic heterocycles. The Morgan fingerprint density at radius 3 is 1.07 bits per heavy atom. The van der Waals surface area contributed by atoms with Crippen LogP contribution >= 0.6 is 0 Å². The lowest BCUT2D eigenvalue weighted by atomic mass is 10.0. The Morgan fingerprint density at radius 2 is 0.862 bits per heavy atom. The van der Waals surface area contributed by atoms with Crippen LogP contribution in [0.25, 0.3) is 0 Å². The van der Waals surface area contributed by atoms with Gasteiger partial charge < -0.3 is 10.0 Å². The fourth-order valence-electron chi connectivity index (χ4n) is 3.35. The zero-order valence-electron chi connectivity index (χ0n) is 19.9. The maximum absolute atomic E-state index is 10.4. The normalized spacial score (nSPS) is 10.3. The third-order valence-electron chi connectivity index (χ3n) is 5.21. The Bertz CT molecular complexity index is 332.